The number of hydrogen-bond donors (Lipinski definition) is 8. The summed E-state index contributed by atoms with van der Waals surface area (Å²) in [6.45, 7) is -1.95. The Bertz CT molecular complexity index is 1160. The average Bonchev–Trinajstić information content (AvgIpc) is 3.29. The number of Topliss-reactive ketones (excluding diaryl/α,β-unsaturated/α-hetero) is 1. The van der Waals surface area contributed by atoms with E-state index in [-0.39, 0.29) is 30.1 Å². The van der Waals surface area contributed by atoms with Gasteiger partial charge in [0.05, 0.1) is 25.9 Å². The lowest BCUT2D eigenvalue weighted by atomic mass is 9.97. The van der Waals surface area contributed by atoms with Gasteiger partial charge in [0.2, 0.25) is 0 Å². The molecule has 0 bridgehead atoms. The van der Waals surface area contributed by atoms with Gasteiger partial charge in [0.1, 0.15) is 53.4 Å². The summed E-state index contributed by atoms with van der Waals surface area (Å²) in [4.78, 5) is 13.1. The minimum absolute atomic E-state index is 0.0575. The fourth-order valence-corrected chi connectivity index (χ4v) is 5.08. The van der Waals surface area contributed by atoms with Crippen LogP contribution in [0.2, 0.25) is 0 Å². The van der Waals surface area contributed by atoms with Crippen molar-refractivity contribution in [1.82, 2.24) is 0 Å². The van der Waals surface area contributed by atoms with Crippen molar-refractivity contribution >= 4 is 5.78 Å². The number of aliphatic hydroxyl groups is 6. The van der Waals surface area contributed by atoms with Crippen LogP contribution >= 0.6 is 0 Å². The van der Waals surface area contributed by atoms with Gasteiger partial charge >= 0.3 is 0 Å². The van der Waals surface area contributed by atoms with Gasteiger partial charge in [-0.1, -0.05) is 24.3 Å². The van der Waals surface area contributed by atoms with Gasteiger partial charge in [-0.3, -0.25) is 4.79 Å². The molecule has 0 amide bonds. The Morgan fingerprint density at radius 3 is 2.07 bits per heavy atom. The third kappa shape index (κ3) is 8.48. The molecular formula is C30H40O13. The molecule has 2 aliphatic rings. The van der Waals surface area contributed by atoms with Gasteiger partial charge in [-0.2, -0.15) is 0 Å². The first kappa shape index (κ1) is 33.2. The van der Waals surface area contributed by atoms with Crippen molar-refractivity contribution in [3.05, 3.63) is 59.7 Å². The van der Waals surface area contributed by atoms with Crippen LogP contribution in [0.3, 0.4) is 0 Å². The number of phenolic OH excluding ortho intramolecular Hbond substituents is 2. The molecule has 4 rings (SSSR count). The van der Waals surface area contributed by atoms with E-state index in [1.807, 2.05) is 0 Å². The molecule has 13 nitrogen and oxygen atoms in total. The summed E-state index contributed by atoms with van der Waals surface area (Å²) >= 11 is 0. The summed E-state index contributed by atoms with van der Waals surface area (Å²) in [6.07, 6.45) is -10.2. The first-order valence-corrected chi connectivity index (χ1v) is 14.2. The van der Waals surface area contributed by atoms with E-state index >= 15 is 0 Å². The van der Waals surface area contributed by atoms with Crippen LogP contribution in [0, 0.1) is 0 Å². The summed E-state index contributed by atoms with van der Waals surface area (Å²) in [5.74, 6) is 0.0783. The highest BCUT2D eigenvalue weighted by atomic mass is 16.8. The molecular weight excluding hydrogens is 568 g/mol. The lowest BCUT2D eigenvalue weighted by Gasteiger charge is -2.43. The summed E-state index contributed by atoms with van der Waals surface area (Å²) in [7, 11) is 0. The zero-order chi connectivity index (χ0) is 31.1. The monoisotopic (exact) mass is 608 g/mol. The Kier molecular flexibility index (Phi) is 11.5. The minimum atomic E-state index is -2.01. The van der Waals surface area contributed by atoms with Gasteiger partial charge in [0.25, 0.3) is 0 Å². The largest absolute Gasteiger partial charge is 0.508 e. The zero-order valence-electron chi connectivity index (χ0n) is 23.5. The second-order valence-electron chi connectivity index (χ2n) is 11.1. The van der Waals surface area contributed by atoms with Gasteiger partial charge in [-0.15, -0.1) is 0 Å². The second kappa shape index (κ2) is 14.9. The number of ketones is 1. The van der Waals surface area contributed by atoms with Crippen LogP contribution in [0.1, 0.15) is 30.4 Å². The first-order valence-electron chi connectivity index (χ1n) is 14.2. The molecule has 43 heavy (non-hydrogen) atoms. The van der Waals surface area contributed by atoms with Crippen LogP contribution in [0.25, 0.3) is 0 Å². The van der Waals surface area contributed by atoms with Gasteiger partial charge in [-0.05, 0) is 54.7 Å². The number of aryl methyl sites for hydroxylation is 2. The molecule has 2 saturated heterocycles. The van der Waals surface area contributed by atoms with E-state index in [1.54, 1.807) is 24.3 Å². The topological polar surface area (TPSA) is 216 Å². The number of carbonyl (C=O) groups excluding carboxylic acids is 1. The highest BCUT2D eigenvalue weighted by molar-refractivity contribution is 5.79. The maximum atomic E-state index is 13.1. The van der Waals surface area contributed by atoms with Crippen LogP contribution < -0.4 is 0 Å². The molecule has 0 saturated carbocycles. The van der Waals surface area contributed by atoms with E-state index in [1.165, 1.54) is 24.3 Å². The predicted molar refractivity (Wildman–Crippen MR) is 148 cm³/mol. The summed E-state index contributed by atoms with van der Waals surface area (Å²) in [5, 5.41) is 80.5. The standard InChI is InChI=1S/C30H40O13/c31-14-23-24(36)25(37)26(43-29-27(38)30(39,15-32)16-40-29)28(42-23)41-22(12-6-18-3-9-20(34)10-4-18)13-21(35)11-5-17-1-7-19(33)8-2-17/h1-4,7-10,22-29,31-34,36-39H,5-6,11-16H2/t22?,23-,24-,25+,26-,27+,28-,29+,30-/m1/s1. The van der Waals surface area contributed by atoms with Crippen molar-refractivity contribution in [3.63, 3.8) is 0 Å². The third-order valence-corrected chi connectivity index (χ3v) is 7.80. The fraction of sp³-hybridized carbons (Fsp3) is 0.567. The molecule has 2 aliphatic heterocycles. The number of ether oxygens (including phenoxy) is 4. The average molecular weight is 609 g/mol. The number of rotatable bonds is 14. The molecule has 13 heteroatoms. The predicted octanol–water partition coefficient (Wildman–Crippen LogP) is -0.728. The number of aliphatic hydroxyl groups excluding tert-OH is 5. The fourth-order valence-electron chi connectivity index (χ4n) is 5.08. The Morgan fingerprint density at radius 2 is 1.51 bits per heavy atom. The number of benzene rings is 2. The minimum Gasteiger partial charge on any atom is -0.508 e. The Labute approximate surface area is 248 Å². The third-order valence-electron chi connectivity index (χ3n) is 7.80. The number of phenols is 2. The second-order valence-corrected chi connectivity index (χ2v) is 11.1. The highest BCUT2D eigenvalue weighted by Gasteiger charge is 2.53. The van der Waals surface area contributed by atoms with Crippen LogP contribution in [0.15, 0.2) is 48.5 Å². The number of aromatic hydroxyl groups is 2. The molecule has 9 atom stereocenters. The number of carbonyl (C=O) groups is 1. The van der Waals surface area contributed by atoms with Gasteiger partial charge < -0.3 is 59.8 Å². The molecule has 2 fully saturated rings. The lowest BCUT2D eigenvalue weighted by Crippen LogP contribution is -2.62. The maximum Gasteiger partial charge on any atom is 0.187 e. The van der Waals surface area contributed by atoms with Crippen molar-refractivity contribution in [2.24, 2.45) is 0 Å². The quantitative estimate of drug-likeness (QED) is 0.133. The van der Waals surface area contributed by atoms with Crippen molar-refractivity contribution in [2.75, 3.05) is 19.8 Å². The van der Waals surface area contributed by atoms with Crippen LogP contribution in [0.5, 0.6) is 11.5 Å². The smallest absolute Gasteiger partial charge is 0.187 e. The van der Waals surface area contributed by atoms with Crippen molar-refractivity contribution in [3.8, 4) is 11.5 Å². The molecule has 8 N–H and O–H groups in total. The summed E-state index contributed by atoms with van der Waals surface area (Å²) in [6, 6.07) is 13.0. The van der Waals surface area contributed by atoms with Crippen molar-refractivity contribution in [1.29, 1.82) is 0 Å². The zero-order valence-corrected chi connectivity index (χ0v) is 23.5. The summed E-state index contributed by atoms with van der Waals surface area (Å²) in [5.41, 5.74) is -0.294. The molecule has 0 spiro atoms. The Balaban J connectivity index is 1.50. The van der Waals surface area contributed by atoms with Crippen LogP contribution in [-0.2, 0) is 36.6 Å². The SMILES string of the molecule is O=C(CCc1ccc(O)cc1)CC(CCc1ccc(O)cc1)O[C@@H]1O[C@H](CO)[C@@H](O)[C@H](O)[C@H]1O[C@@H]1OC[C@](O)(CO)[C@H]1O. The van der Waals surface area contributed by atoms with Crippen molar-refractivity contribution < 1.29 is 64.6 Å². The molecule has 0 radical (unpaired) electrons. The molecule has 238 valence electrons. The molecule has 2 aromatic rings. The van der Waals surface area contributed by atoms with E-state index < -0.39 is 74.6 Å². The van der Waals surface area contributed by atoms with Gasteiger partial charge in [0.15, 0.2) is 12.6 Å². The van der Waals surface area contributed by atoms with E-state index in [2.05, 4.69) is 0 Å². The molecule has 2 aromatic carbocycles. The lowest BCUT2D eigenvalue weighted by molar-refractivity contribution is -0.343. The molecule has 0 aliphatic carbocycles. The van der Waals surface area contributed by atoms with E-state index in [0.29, 0.717) is 19.3 Å². The van der Waals surface area contributed by atoms with Crippen LogP contribution in [-0.4, -0.2) is 121 Å². The van der Waals surface area contributed by atoms with Crippen LogP contribution in [0.4, 0.5) is 0 Å². The Hall–Kier alpha value is -2.69. The molecule has 0 aromatic heterocycles. The Morgan fingerprint density at radius 1 is 0.907 bits per heavy atom. The summed E-state index contributed by atoms with van der Waals surface area (Å²) < 4.78 is 23.0. The number of hydrogen-bond acceptors (Lipinski definition) is 13. The highest BCUT2D eigenvalue weighted by Crippen LogP contribution is 2.32. The van der Waals surface area contributed by atoms with Gasteiger partial charge in [0, 0.05) is 12.8 Å². The first-order chi connectivity index (χ1) is 20.5. The maximum absolute atomic E-state index is 13.1. The molecule has 2 heterocycles. The van der Waals surface area contributed by atoms with Gasteiger partial charge in [-0.25, -0.2) is 0 Å². The van der Waals surface area contributed by atoms with E-state index in [4.69, 9.17) is 18.9 Å². The van der Waals surface area contributed by atoms with E-state index in [0.717, 1.165) is 11.1 Å². The van der Waals surface area contributed by atoms with Crippen molar-refractivity contribution in [2.45, 2.75) is 86.9 Å². The molecule has 1 unspecified atom stereocenters. The normalized spacial score (nSPS) is 31.6. The van der Waals surface area contributed by atoms with E-state index in [9.17, 15) is 45.6 Å².